The summed E-state index contributed by atoms with van der Waals surface area (Å²) >= 11 is 11.7. The van der Waals surface area contributed by atoms with Gasteiger partial charge in [-0.3, -0.25) is 9.69 Å². The Morgan fingerprint density at radius 3 is 2.77 bits per heavy atom. The predicted octanol–water partition coefficient (Wildman–Crippen LogP) is 3.33. The van der Waals surface area contributed by atoms with Gasteiger partial charge in [-0.15, -0.1) is 0 Å². The maximum atomic E-state index is 13.7. The zero-order valence-corrected chi connectivity index (χ0v) is 15.4. The summed E-state index contributed by atoms with van der Waals surface area (Å²) in [6, 6.07) is 7.73. The van der Waals surface area contributed by atoms with Gasteiger partial charge in [-0.05, 0) is 23.8 Å². The van der Waals surface area contributed by atoms with Gasteiger partial charge in [-0.25, -0.2) is 9.37 Å². The molecule has 0 radical (unpaired) electrons. The molecule has 1 aromatic heterocycles. The number of morpholine rings is 1. The molecule has 138 valence electrons. The molecule has 1 aromatic carbocycles. The molecule has 2 aromatic rings. The number of nitrogens with one attached hydrogen (secondary N) is 1. The van der Waals surface area contributed by atoms with Crippen molar-refractivity contribution in [2.45, 2.75) is 6.04 Å². The monoisotopic (exact) mass is 397 g/mol. The molecule has 1 aliphatic rings. The van der Waals surface area contributed by atoms with Crippen LogP contribution in [0.25, 0.3) is 0 Å². The third-order valence-corrected chi connectivity index (χ3v) is 4.92. The van der Waals surface area contributed by atoms with Crippen molar-refractivity contribution in [2.75, 3.05) is 32.8 Å². The molecule has 0 bridgehead atoms. The number of benzene rings is 1. The normalized spacial score (nSPS) is 16.3. The van der Waals surface area contributed by atoms with E-state index < -0.39 is 0 Å². The molecule has 1 unspecified atom stereocenters. The highest BCUT2D eigenvalue weighted by Gasteiger charge is 2.24. The van der Waals surface area contributed by atoms with Gasteiger partial charge >= 0.3 is 0 Å². The van der Waals surface area contributed by atoms with Crippen LogP contribution in [0.3, 0.4) is 0 Å². The molecule has 0 spiro atoms. The molecule has 0 aliphatic carbocycles. The maximum absolute atomic E-state index is 13.7. The van der Waals surface area contributed by atoms with Gasteiger partial charge in [0.25, 0.3) is 5.91 Å². The second kappa shape index (κ2) is 8.77. The average molecular weight is 398 g/mol. The Kier molecular flexibility index (Phi) is 6.43. The van der Waals surface area contributed by atoms with Crippen molar-refractivity contribution in [1.82, 2.24) is 15.2 Å². The number of pyridine rings is 1. The molecule has 3 rings (SSSR count). The molecular formula is C18H18Cl2FN3O2. The smallest absolute Gasteiger partial charge is 0.252 e. The Balaban J connectivity index is 1.74. The minimum Gasteiger partial charge on any atom is -0.379 e. The predicted molar refractivity (Wildman–Crippen MR) is 98.1 cm³/mol. The molecule has 1 atom stereocenters. The maximum Gasteiger partial charge on any atom is 0.252 e. The van der Waals surface area contributed by atoms with E-state index in [1.54, 1.807) is 6.07 Å². The number of nitrogens with zero attached hydrogens (tertiary/aromatic N) is 2. The Hall–Kier alpha value is -1.73. The molecule has 1 aliphatic heterocycles. The van der Waals surface area contributed by atoms with Crippen LogP contribution in [0.15, 0.2) is 36.5 Å². The first-order valence-electron chi connectivity index (χ1n) is 8.21. The van der Waals surface area contributed by atoms with Crippen molar-refractivity contribution in [3.8, 4) is 0 Å². The number of hydrogen-bond donors (Lipinski definition) is 1. The van der Waals surface area contributed by atoms with E-state index in [9.17, 15) is 9.18 Å². The van der Waals surface area contributed by atoms with E-state index in [1.165, 1.54) is 24.4 Å². The average Bonchev–Trinajstić information content (AvgIpc) is 2.65. The van der Waals surface area contributed by atoms with Crippen LogP contribution >= 0.6 is 23.2 Å². The molecule has 1 N–H and O–H groups in total. The standard InChI is InChI=1S/C18H18Cl2FN3O2/c19-15-9-13(10-22-17(15)20)18(25)23-11-16(24-4-6-26-7-5-24)12-2-1-3-14(21)8-12/h1-3,8-10,16H,4-7,11H2,(H,23,25). The minimum absolute atomic E-state index is 0.147. The van der Waals surface area contributed by atoms with E-state index >= 15 is 0 Å². The third kappa shape index (κ3) is 4.71. The summed E-state index contributed by atoms with van der Waals surface area (Å²) in [5.41, 5.74) is 1.12. The molecule has 2 heterocycles. The van der Waals surface area contributed by atoms with Gasteiger partial charge in [0.2, 0.25) is 0 Å². The lowest BCUT2D eigenvalue weighted by molar-refractivity contribution is 0.0162. The number of carbonyl (C=O) groups is 1. The summed E-state index contributed by atoms with van der Waals surface area (Å²) in [6.07, 6.45) is 1.37. The van der Waals surface area contributed by atoms with Crippen LogP contribution in [-0.2, 0) is 4.74 Å². The fraction of sp³-hybridized carbons (Fsp3) is 0.333. The van der Waals surface area contributed by atoms with Crippen LogP contribution in [0, 0.1) is 5.82 Å². The first-order chi connectivity index (χ1) is 12.5. The zero-order chi connectivity index (χ0) is 18.5. The SMILES string of the molecule is O=C(NCC(c1cccc(F)c1)N1CCOCC1)c1cnc(Cl)c(Cl)c1. The molecule has 1 fully saturated rings. The van der Waals surface area contributed by atoms with Gasteiger partial charge in [0.15, 0.2) is 0 Å². The van der Waals surface area contributed by atoms with Crippen molar-refractivity contribution in [3.63, 3.8) is 0 Å². The van der Waals surface area contributed by atoms with Crippen molar-refractivity contribution in [2.24, 2.45) is 0 Å². The van der Waals surface area contributed by atoms with Crippen LogP contribution < -0.4 is 5.32 Å². The summed E-state index contributed by atoms with van der Waals surface area (Å²) in [5.74, 6) is -0.619. The topological polar surface area (TPSA) is 54.5 Å². The number of ether oxygens (including phenoxy) is 1. The third-order valence-electron chi connectivity index (χ3n) is 4.23. The number of carbonyl (C=O) groups excluding carboxylic acids is 1. The van der Waals surface area contributed by atoms with Gasteiger partial charge in [0, 0.05) is 25.8 Å². The van der Waals surface area contributed by atoms with Crippen molar-refractivity contribution < 1.29 is 13.9 Å². The van der Waals surface area contributed by atoms with Crippen LogP contribution in [-0.4, -0.2) is 48.6 Å². The van der Waals surface area contributed by atoms with Gasteiger partial charge in [0.1, 0.15) is 11.0 Å². The largest absolute Gasteiger partial charge is 0.379 e. The molecular weight excluding hydrogens is 380 g/mol. The quantitative estimate of drug-likeness (QED) is 0.786. The Morgan fingerprint density at radius 1 is 1.31 bits per heavy atom. The van der Waals surface area contributed by atoms with Crippen LogP contribution in [0.1, 0.15) is 22.0 Å². The molecule has 1 amide bonds. The molecule has 0 saturated carbocycles. The van der Waals surface area contributed by atoms with E-state index in [1.807, 2.05) is 6.07 Å². The number of halogens is 3. The highest BCUT2D eigenvalue weighted by molar-refractivity contribution is 6.41. The Morgan fingerprint density at radius 2 is 2.08 bits per heavy atom. The number of aromatic nitrogens is 1. The highest BCUT2D eigenvalue weighted by Crippen LogP contribution is 2.23. The Labute approximate surface area is 161 Å². The lowest BCUT2D eigenvalue weighted by Crippen LogP contribution is -2.43. The first-order valence-corrected chi connectivity index (χ1v) is 8.96. The fourth-order valence-corrected chi connectivity index (χ4v) is 3.17. The zero-order valence-electron chi connectivity index (χ0n) is 13.9. The van der Waals surface area contributed by atoms with Crippen molar-refractivity contribution in [1.29, 1.82) is 0 Å². The van der Waals surface area contributed by atoms with Crippen LogP contribution in [0.4, 0.5) is 4.39 Å². The van der Waals surface area contributed by atoms with E-state index in [0.29, 0.717) is 38.4 Å². The summed E-state index contributed by atoms with van der Waals surface area (Å²) in [7, 11) is 0. The number of rotatable bonds is 5. The summed E-state index contributed by atoms with van der Waals surface area (Å²) in [6.45, 7) is 2.96. The van der Waals surface area contributed by atoms with E-state index in [0.717, 1.165) is 5.56 Å². The second-order valence-electron chi connectivity index (χ2n) is 5.93. The van der Waals surface area contributed by atoms with E-state index in [4.69, 9.17) is 27.9 Å². The van der Waals surface area contributed by atoms with Crippen molar-refractivity contribution >= 4 is 29.1 Å². The fourth-order valence-electron chi connectivity index (χ4n) is 2.90. The van der Waals surface area contributed by atoms with Gasteiger partial charge in [0.05, 0.1) is 29.8 Å². The van der Waals surface area contributed by atoms with Crippen LogP contribution in [0.5, 0.6) is 0 Å². The Bertz CT molecular complexity index is 785. The molecule has 26 heavy (non-hydrogen) atoms. The summed E-state index contributed by atoms with van der Waals surface area (Å²) in [5, 5.41) is 3.24. The molecule has 5 nitrogen and oxygen atoms in total. The van der Waals surface area contributed by atoms with E-state index in [-0.39, 0.29) is 27.9 Å². The minimum atomic E-state index is -0.314. The van der Waals surface area contributed by atoms with Gasteiger partial charge in [-0.2, -0.15) is 0 Å². The highest BCUT2D eigenvalue weighted by atomic mass is 35.5. The summed E-state index contributed by atoms with van der Waals surface area (Å²) < 4.78 is 19.1. The van der Waals surface area contributed by atoms with Crippen LogP contribution in [0.2, 0.25) is 10.2 Å². The van der Waals surface area contributed by atoms with Crippen molar-refractivity contribution in [3.05, 3.63) is 63.6 Å². The molecule has 1 saturated heterocycles. The molecule has 8 heteroatoms. The first kappa shape index (κ1) is 19.0. The second-order valence-corrected chi connectivity index (χ2v) is 6.69. The number of hydrogen-bond acceptors (Lipinski definition) is 4. The van der Waals surface area contributed by atoms with Gasteiger partial charge in [-0.1, -0.05) is 35.3 Å². The van der Waals surface area contributed by atoms with Gasteiger partial charge < -0.3 is 10.1 Å². The lowest BCUT2D eigenvalue weighted by Gasteiger charge is -2.35. The van der Waals surface area contributed by atoms with E-state index in [2.05, 4.69) is 15.2 Å². The number of amides is 1. The lowest BCUT2D eigenvalue weighted by atomic mass is 10.0. The summed E-state index contributed by atoms with van der Waals surface area (Å²) in [4.78, 5) is 18.5.